The van der Waals surface area contributed by atoms with E-state index in [-0.39, 0.29) is 11.5 Å². The lowest BCUT2D eigenvalue weighted by molar-refractivity contribution is -0.138. The number of ether oxygens (including phenoxy) is 1. The van der Waals surface area contributed by atoms with Gasteiger partial charge in [-0.25, -0.2) is 0 Å². The van der Waals surface area contributed by atoms with E-state index >= 15 is 0 Å². The molecule has 0 saturated heterocycles. The first-order chi connectivity index (χ1) is 8.48. The normalized spacial score (nSPS) is 11.3. The Morgan fingerprint density at radius 2 is 1.78 bits per heavy atom. The number of hydrogen-bond acceptors (Lipinski definition) is 3. The number of para-hydroxylation sites is 2. The summed E-state index contributed by atoms with van der Waals surface area (Å²) in [5.74, 6) is -0.685. The fraction of sp³-hybridized carbons (Fsp3) is 0.0833. The quantitative estimate of drug-likeness (QED) is 0.891. The Morgan fingerprint density at radius 1 is 1.06 bits per heavy atom. The molecule has 1 aromatic carbocycles. The van der Waals surface area contributed by atoms with Gasteiger partial charge in [-0.2, -0.15) is 13.2 Å². The largest absolute Gasteiger partial charge is 0.504 e. The van der Waals surface area contributed by atoms with Crippen LogP contribution in [0.2, 0.25) is 0 Å². The monoisotopic (exact) mass is 255 g/mol. The van der Waals surface area contributed by atoms with E-state index in [1.165, 1.54) is 18.3 Å². The average Bonchev–Trinajstić information content (AvgIpc) is 2.31. The molecule has 0 aliphatic carbocycles. The third-order valence-electron chi connectivity index (χ3n) is 2.17. The van der Waals surface area contributed by atoms with Gasteiger partial charge in [0.1, 0.15) is 11.3 Å². The van der Waals surface area contributed by atoms with Crippen molar-refractivity contribution >= 4 is 0 Å². The van der Waals surface area contributed by atoms with Gasteiger partial charge in [0.25, 0.3) is 0 Å². The van der Waals surface area contributed by atoms with E-state index in [1.807, 2.05) is 0 Å². The molecule has 3 nitrogen and oxygen atoms in total. The van der Waals surface area contributed by atoms with Gasteiger partial charge in [-0.15, -0.1) is 0 Å². The van der Waals surface area contributed by atoms with E-state index in [4.69, 9.17) is 4.74 Å². The molecule has 2 rings (SSSR count). The molecule has 0 aliphatic rings. The molecule has 0 aliphatic heterocycles. The van der Waals surface area contributed by atoms with Crippen molar-refractivity contribution in [1.29, 1.82) is 0 Å². The van der Waals surface area contributed by atoms with Crippen molar-refractivity contribution < 1.29 is 23.0 Å². The second-order valence-corrected chi connectivity index (χ2v) is 3.44. The van der Waals surface area contributed by atoms with Gasteiger partial charge in [-0.3, -0.25) is 4.98 Å². The first-order valence-electron chi connectivity index (χ1n) is 4.95. The van der Waals surface area contributed by atoms with E-state index in [0.29, 0.717) is 6.20 Å². The van der Waals surface area contributed by atoms with E-state index in [2.05, 4.69) is 4.98 Å². The molecule has 0 bridgehead atoms. The van der Waals surface area contributed by atoms with E-state index in [1.54, 1.807) is 12.1 Å². The maximum atomic E-state index is 12.7. The number of aromatic hydroxyl groups is 1. The van der Waals surface area contributed by atoms with Crippen molar-refractivity contribution in [2.24, 2.45) is 0 Å². The Balaban J connectivity index is 2.39. The van der Waals surface area contributed by atoms with Crippen LogP contribution in [0.15, 0.2) is 42.7 Å². The van der Waals surface area contributed by atoms with Gasteiger partial charge in [0, 0.05) is 12.4 Å². The number of phenolic OH excluding ortho intramolecular Hbond substituents is 1. The van der Waals surface area contributed by atoms with Crippen LogP contribution in [-0.4, -0.2) is 10.1 Å². The van der Waals surface area contributed by atoms with E-state index in [9.17, 15) is 18.3 Å². The van der Waals surface area contributed by atoms with Crippen LogP contribution in [0.1, 0.15) is 5.56 Å². The number of aromatic nitrogens is 1. The van der Waals surface area contributed by atoms with Gasteiger partial charge in [-0.05, 0) is 18.2 Å². The number of rotatable bonds is 2. The third kappa shape index (κ3) is 2.53. The molecular weight excluding hydrogens is 247 g/mol. The first kappa shape index (κ1) is 12.2. The lowest BCUT2D eigenvalue weighted by atomic mass is 10.2. The minimum atomic E-state index is -4.56. The number of halogens is 3. The summed E-state index contributed by atoms with van der Waals surface area (Å²) in [4.78, 5) is 3.41. The number of pyridine rings is 1. The fourth-order valence-electron chi connectivity index (χ4n) is 1.35. The van der Waals surface area contributed by atoms with Crippen LogP contribution in [0, 0.1) is 0 Å². The molecule has 1 heterocycles. The average molecular weight is 255 g/mol. The zero-order valence-corrected chi connectivity index (χ0v) is 8.98. The molecule has 0 fully saturated rings. The summed E-state index contributed by atoms with van der Waals surface area (Å²) in [6, 6.07) is 6.87. The highest BCUT2D eigenvalue weighted by atomic mass is 19.4. The highest BCUT2D eigenvalue weighted by Gasteiger charge is 2.35. The highest BCUT2D eigenvalue weighted by Crippen LogP contribution is 2.39. The summed E-state index contributed by atoms with van der Waals surface area (Å²) in [5, 5.41) is 9.44. The van der Waals surface area contributed by atoms with Gasteiger partial charge in [0.15, 0.2) is 11.5 Å². The number of benzene rings is 1. The van der Waals surface area contributed by atoms with Crippen molar-refractivity contribution in [2.45, 2.75) is 6.18 Å². The summed E-state index contributed by atoms with van der Waals surface area (Å²) in [6.07, 6.45) is -2.70. The smallest absolute Gasteiger partial charge is 0.421 e. The summed E-state index contributed by atoms with van der Waals surface area (Å²) >= 11 is 0. The van der Waals surface area contributed by atoms with Crippen LogP contribution in [0.3, 0.4) is 0 Å². The van der Waals surface area contributed by atoms with E-state index < -0.39 is 17.5 Å². The van der Waals surface area contributed by atoms with Crippen molar-refractivity contribution in [3.8, 4) is 17.2 Å². The number of alkyl halides is 3. The fourth-order valence-corrected chi connectivity index (χ4v) is 1.35. The lowest BCUT2D eigenvalue weighted by Gasteiger charge is -2.13. The predicted molar refractivity (Wildman–Crippen MR) is 57.4 cm³/mol. The maximum absolute atomic E-state index is 12.7. The van der Waals surface area contributed by atoms with Crippen molar-refractivity contribution in [3.05, 3.63) is 48.3 Å². The van der Waals surface area contributed by atoms with Gasteiger partial charge in [0.05, 0.1) is 0 Å². The van der Waals surface area contributed by atoms with Crippen LogP contribution >= 0.6 is 0 Å². The number of nitrogens with zero attached hydrogens (tertiary/aromatic N) is 1. The van der Waals surface area contributed by atoms with Crippen LogP contribution < -0.4 is 4.74 Å². The second kappa shape index (κ2) is 4.56. The van der Waals surface area contributed by atoms with Crippen molar-refractivity contribution in [1.82, 2.24) is 4.98 Å². The zero-order valence-electron chi connectivity index (χ0n) is 8.98. The predicted octanol–water partition coefficient (Wildman–Crippen LogP) is 3.60. The molecule has 1 N–H and O–H groups in total. The molecule has 2 aromatic rings. The van der Waals surface area contributed by atoms with Gasteiger partial charge in [-0.1, -0.05) is 12.1 Å². The van der Waals surface area contributed by atoms with Gasteiger partial charge < -0.3 is 9.84 Å². The standard InChI is InChI=1S/C12H8F3NO2/c13-12(14,15)8-7-16-6-5-10(8)18-11-4-2-1-3-9(11)17/h1-7,17H. The zero-order chi connectivity index (χ0) is 13.2. The van der Waals surface area contributed by atoms with Crippen molar-refractivity contribution in [3.63, 3.8) is 0 Å². The van der Waals surface area contributed by atoms with Crippen molar-refractivity contribution in [2.75, 3.05) is 0 Å². The maximum Gasteiger partial charge on any atom is 0.421 e. The summed E-state index contributed by atoms with van der Waals surface area (Å²) in [7, 11) is 0. The van der Waals surface area contributed by atoms with Crippen LogP contribution in [0.4, 0.5) is 13.2 Å². The molecule has 6 heteroatoms. The molecule has 1 aromatic heterocycles. The Kier molecular flexibility index (Phi) is 3.10. The highest BCUT2D eigenvalue weighted by molar-refractivity contribution is 5.43. The van der Waals surface area contributed by atoms with Gasteiger partial charge in [0.2, 0.25) is 0 Å². The van der Waals surface area contributed by atoms with Crippen LogP contribution in [0.25, 0.3) is 0 Å². The molecule has 0 saturated carbocycles. The summed E-state index contributed by atoms with van der Waals surface area (Å²) < 4.78 is 43.1. The first-order valence-corrected chi connectivity index (χ1v) is 4.95. The molecule has 0 amide bonds. The summed E-state index contributed by atoms with van der Waals surface area (Å²) in [5.41, 5.74) is -0.992. The SMILES string of the molecule is Oc1ccccc1Oc1ccncc1C(F)(F)F. The summed E-state index contributed by atoms with van der Waals surface area (Å²) in [6.45, 7) is 0. The Bertz CT molecular complexity index is 555. The Labute approximate surface area is 100 Å². The molecule has 0 unspecified atom stereocenters. The number of phenols is 1. The Morgan fingerprint density at radius 3 is 2.44 bits per heavy atom. The number of hydrogen-bond donors (Lipinski definition) is 1. The van der Waals surface area contributed by atoms with E-state index in [0.717, 1.165) is 6.07 Å². The van der Waals surface area contributed by atoms with Crippen LogP contribution in [0.5, 0.6) is 17.2 Å². The minimum absolute atomic E-state index is 0.0470. The lowest BCUT2D eigenvalue weighted by Crippen LogP contribution is -2.07. The molecule has 18 heavy (non-hydrogen) atoms. The molecular formula is C12H8F3NO2. The molecule has 0 radical (unpaired) electrons. The Hall–Kier alpha value is -2.24. The topological polar surface area (TPSA) is 42.4 Å². The minimum Gasteiger partial charge on any atom is -0.504 e. The molecule has 94 valence electrons. The van der Waals surface area contributed by atoms with Crippen LogP contribution in [-0.2, 0) is 6.18 Å². The third-order valence-corrected chi connectivity index (χ3v) is 2.17. The van der Waals surface area contributed by atoms with Gasteiger partial charge >= 0.3 is 6.18 Å². The molecule has 0 spiro atoms. The molecule has 0 atom stereocenters. The second-order valence-electron chi connectivity index (χ2n) is 3.44.